The number of fused-ring (bicyclic) bond motifs is 1. The van der Waals surface area contributed by atoms with Gasteiger partial charge >= 0.3 is 0 Å². The van der Waals surface area contributed by atoms with E-state index in [9.17, 15) is 4.79 Å². The van der Waals surface area contributed by atoms with E-state index in [4.69, 9.17) is 9.97 Å². The summed E-state index contributed by atoms with van der Waals surface area (Å²) in [5.41, 5.74) is 2.82. The molecular weight excluding hydrogens is 352 g/mol. The Balaban J connectivity index is 1.64. The molecule has 0 aliphatic carbocycles. The van der Waals surface area contributed by atoms with E-state index in [0.29, 0.717) is 25.0 Å². The van der Waals surface area contributed by atoms with Gasteiger partial charge in [0.05, 0.1) is 12.2 Å². The lowest BCUT2D eigenvalue weighted by Crippen LogP contribution is -2.41. The van der Waals surface area contributed by atoms with Crippen molar-refractivity contribution in [1.29, 1.82) is 0 Å². The molecule has 2 aromatic rings. The second kappa shape index (κ2) is 8.22. The van der Waals surface area contributed by atoms with E-state index in [1.807, 2.05) is 23.1 Å². The van der Waals surface area contributed by atoms with Crippen LogP contribution in [-0.4, -0.2) is 63.4 Å². The molecule has 1 saturated heterocycles. The lowest BCUT2D eigenvalue weighted by molar-refractivity contribution is -0.129. The molecule has 1 atom stereocenters. The molecule has 2 aliphatic rings. The van der Waals surface area contributed by atoms with Gasteiger partial charge in [-0.05, 0) is 45.0 Å². The van der Waals surface area contributed by atoms with E-state index in [2.05, 4.69) is 22.2 Å². The number of likely N-dealkylation sites (N-methyl/N-ethyl adjacent to an activating group) is 1. The predicted molar refractivity (Wildman–Crippen MR) is 109 cm³/mol. The summed E-state index contributed by atoms with van der Waals surface area (Å²) >= 11 is 0. The summed E-state index contributed by atoms with van der Waals surface area (Å²) in [6.45, 7) is 4.89. The fraction of sp³-hybridized carbons (Fsp3) is 0.524. The van der Waals surface area contributed by atoms with Gasteiger partial charge in [-0.2, -0.15) is 0 Å². The molecule has 1 fully saturated rings. The number of carbonyl (C=O) groups is 1. The minimum absolute atomic E-state index is 0.0852. The lowest BCUT2D eigenvalue weighted by Gasteiger charge is -2.33. The zero-order valence-electron chi connectivity index (χ0n) is 16.7. The molecule has 1 N–H and O–H groups in total. The van der Waals surface area contributed by atoms with Crippen LogP contribution in [-0.2, 0) is 17.8 Å². The first-order valence-electron chi connectivity index (χ1n) is 10.1. The molecule has 1 amide bonds. The van der Waals surface area contributed by atoms with Crippen LogP contribution in [0, 0.1) is 0 Å². The summed E-state index contributed by atoms with van der Waals surface area (Å²) in [4.78, 5) is 30.2. The van der Waals surface area contributed by atoms with Crippen molar-refractivity contribution in [2.24, 2.45) is 0 Å². The van der Waals surface area contributed by atoms with Crippen molar-refractivity contribution in [1.82, 2.24) is 24.8 Å². The summed E-state index contributed by atoms with van der Waals surface area (Å²) in [5, 5.41) is 3.60. The highest BCUT2D eigenvalue weighted by atomic mass is 16.2. The molecule has 148 valence electrons. The standard InChI is InChI=1S/C21H28N6O/c1-15(28)27-12-9-17-19(14-27)24-21(18-8-3-5-10-22-18)25-20(17)23-13-16-7-4-6-11-26(16)2/h3,5,8,10,16H,4,6-7,9,11-14H2,1-2H3,(H,23,24,25)/t16-/m1/s1. The summed E-state index contributed by atoms with van der Waals surface area (Å²) < 4.78 is 0. The highest BCUT2D eigenvalue weighted by Gasteiger charge is 2.25. The maximum Gasteiger partial charge on any atom is 0.219 e. The third kappa shape index (κ3) is 3.99. The van der Waals surface area contributed by atoms with E-state index < -0.39 is 0 Å². The van der Waals surface area contributed by atoms with E-state index in [1.54, 1.807) is 13.1 Å². The van der Waals surface area contributed by atoms with Crippen LogP contribution in [0.25, 0.3) is 11.5 Å². The largest absolute Gasteiger partial charge is 0.368 e. The van der Waals surface area contributed by atoms with Crippen LogP contribution >= 0.6 is 0 Å². The average molecular weight is 380 g/mol. The number of hydrogen-bond acceptors (Lipinski definition) is 6. The first kappa shape index (κ1) is 18.8. The van der Waals surface area contributed by atoms with Crippen molar-refractivity contribution in [3.05, 3.63) is 35.7 Å². The summed E-state index contributed by atoms with van der Waals surface area (Å²) in [5.74, 6) is 1.60. The van der Waals surface area contributed by atoms with Gasteiger partial charge in [0, 0.05) is 37.8 Å². The molecule has 0 aromatic carbocycles. The van der Waals surface area contributed by atoms with Crippen molar-refractivity contribution < 1.29 is 4.79 Å². The Morgan fingerprint density at radius 2 is 2.14 bits per heavy atom. The van der Waals surface area contributed by atoms with Crippen LogP contribution in [0.4, 0.5) is 5.82 Å². The van der Waals surface area contributed by atoms with Crippen molar-refractivity contribution in [2.75, 3.05) is 32.0 Å². The number of hydrogen-bond donors (Lipinski definition) is 1. The Labute approximate surface area is 166 Å². The molecule has 0 spiro atoms. The molecule has 4 rings (SSSR count). The van der Waals surface area contributed by atoms with Gasteiger partial charge in [-0.1, -0.05) is 12.5 Å². The van der Waals surface area contributed by atoms with Crippen LogP contribution in [0.1, 0.15) is 37.4 Å². The molecule has 2 aromatic heterocycles. The minimum atomic E-state index is 0.0852. The Kier molecular flexibility index (Phi) is 5.52. The Morgan fingerprint density at radius 3 is 2.89 bits per heavy atom. The Bertz CT molecular complexity index is 840. The van der Waals surface area contributed by atoms with E-state index >= 15 is 0 Å². The number of rotatable bonds is 4. The van der Waals surface area contributed by atoms with Crippen LogP contribution < -0.4 is 5.32 Å². The number of nitrogens with zero attached hydrogens (tertiary/aromatic N) is 5. The molecule has 4 heterocycles. The lowest BCUT2D eigenvalue weighted by atomic mass is 10.0. The van der Waals surface area contributed by atoms with Crippen molar-refractivity contribution in [2.45, 2.75) is 45.2 Å². The van der Waals surface area contributed by atoms with Gasteiger partial charge in [0.15, 0.2) is 5.82 Å². The average Bonchev–Trinajstić information content (AvgIpc) is 2.73. The van der Waals surface area contributed by atoms with Crippen LogP contribution in [0.5, 0.6) is 0 Å². The predicted octanol–water partition coefficient (Wildman–Crippen LogP) is 2.34. The fourth-order valence-electron chi connectivity index (χ4n) is 4.07. The molecule has 7 nitrogen and oxygen atoms in total. The number of nitrogens with one attached hydrogen (secondary N) is 1. The SMILES string of the molecule is CC(=O)N1CCc2c(nc(-c3ccccn3)nc2NC[C@H]2CCCCN2C)C1. The first-order valence-corrected chi connectivity index (χ1v) is 10.1. The number of aromatic nitrogens is 3. The van der Waals surface area contributed by atoms with Gasteiger partial charge in [0.2, 0.25) is 5.91 Å². The van der Waals surface area contributed by atoms with Gasteiger partial charge in [-0.15, -0.1) is 0 Å². The number of carbonyl (C=O) groups excluding carboxylic acids is 1. The number of likely N-dealkylation sites (tertiary alicyclic amines) is 1. The third-order valence-corrected chi connectivity index (χ3v) is 5.83. The minimum Gasteiger partial charge on any atom is -0.368 e. The van der Waals surface area contributed by atoms with E-state index in [-0.39, 0.29) is 5.91 Å². The summed E-state index contributed by atoms with van der Waals surface area (Å²) in [6.07, 6.45) is 6.30. The summed E-state index contributed by atoms with van der Waals surface area (Å²) in [6, 6.07) is 6.27. The smallest absolute Gasteiger partial charge is 0.219 e. The highest BCUT2D eigenvalue weighted by Crippen LogP contribution is 2.27. The Morgan fingerprint density at radius 1 is 1.25 bits per heavy atom. The van der Waals surface area contributed by atoms with Crippen molar-refractivity contribution in [3.63, 3.8) is 0 Å². The number of amides is 1. The quantitative estimate of drug-likeness (QED) is 0.878. The van der Waals surface area contributed by atoms with Gasteiger partial charge < -0.3 is 15.1 Å². The van der Waals surface area contributed by atoms with Crippen molar-refractivity contribution >= 4 is 11.7 Å². The normalized spacial score (nSPS) is 19.9. The first-order chi connectivity index (χ1) is 13.6. The number of piperidine rings is 1. The zero-order chi connectivity index (χ0) is 19.5. The maximum atomic E-state index is 11.9. The van der Waals surface area contributed by atoms with Gasteiger partial charge in [0.1, 0.15) is 11.5 Å². The fourth-order valence-corrected chi connectivity index (χ4v) is 4.07. The second-order valence-electron chi connectivity index (χ2n) is 7.74. The van der Waals surface area contributed by atoms with Gasteiger partial charge in [0.25, 0.3) is 0 Å². The van der Waals surface area contributed by atoms with Gasteiger partial charge in [-0.25, -0.2) is 9.97 Å². The zero-order valence-corrected chi connectivity index (χ0v) is 16.7. The van der Waals surface area contributed by atoms with E-state index in [0.717, 1.165) is 42.3 Å². The highest BCUT2D eigenvalue weighted by molar-refractivity contribution is 5.74. The molecule has 0 radical (unpaired) electrons. The van der Waals surface area contributed by atoms with E-state index in [1.165, 1.54) is 19.3 Å². The molecule has 0 saturated carbocycles. The van der Waals surface area contributed by atoms with Crippen LogP contribution in [0.15, 0.2) is 24.4 Å². The third-order valence-electron chi connectivity index (χ3n) is 5.83. The number of anilines is 1. The number of pyridine rings is 1. The molecule has 2 aliphatic heterocycles. The maximum absolute atomic E-state index is 11.9. The van der Waals surface area contributed by atoms with Gasteiger partial charge in [-0.3, -0.25) is 9.78 Å². The second-order valence-corrected chi connectivity index (χ2v) is 7.74. The molecule has 0 bridgehead atoms. The molecule has 7 heteroatoms. The Hall–Kier alpha value is -2.54. The summed E-state index contributed by atoms with van der Waals surface area (Å²) in [7, 11) is 2.20. The molecule has 0 unspecified atom stereocenters. The van der Waals surface area contributed by atoms with Crippen LogP contribution in [0.3, 0.4) is 0 Å². The van der Waals surface area contributed by atoms with Crippen molar-refractivity contribution in [3.8, 4) is 11.5 Å². The molecular formula is C21H28N6O. The topological polar surface area (TPSA) is 74.2 Å². The molecule has 28 heavy (non-hydrogen) atoms. The monoisotopic (exact) mass is 380 g/mol. The van der Waals surface area contributed by atoms with Crippen LogP contribution in [0.2, 0.25) is 0 Å².